The van der Waals surface area contributed by atoms with Gasteiger partial charge in [0.25, 0.3) is 0 Å². The van der Waals surface area contributed by atoms with Crippen molar-refractivity contribution in [3.8, 4) is 0 Å². The quantitative estimate of drug-likeness (QED) is 0.265. The third kappa shape index (κ3) is 20.1. The highest BCUT2D eigenvalue weighted by molar-refractivity contribution is 4.63. The fraction of sp³-hybridized carbons (Fsp3) is 1.00. The van der Waals surface area contributed by atoms with Crippen LogP contribution in [0.1, 0.15) is 90.4 Å². The van der Waals surface area contributed by atoms with E-state index in [1.165, 1.54) is 57.8 Å². The van der Waals surface area contributed by atoms with Crippen molar-refractivity contribution in [1.29, 1.82) is 0 Å². The van der Waals surface area contributed by atoms with Gasteiger partial charge in [0.05, 0.1) is 18.8 Å². The number of hydrogen-bond donors (Lipinski definition) is 3. The largest absolute Gasteiger partial charge is 0.396 e. The Bertz CT molecular complexity index is 263. The summed E-state index contributed by atoms with van der Waals surface area (Å²) in [5.41, 5.74) is 0. The fourth-order valence-corrected chi connectivity index (χ4v) is 2.90. The molecule has 26 heavy (non-hydrogen) atoms. The molecule has 0 saturated heterocycles. The van der Waals surface area contributed by atoms with Gasteiger partial charge in [-0.2, -0.15) is 0 Å². The monoisotopic (exact) mass is 376 g/mol. The van der Waals surface area contributed by atoms with E-state index in [0.717, 1.165) is 6.42 Å². The minimum absolute atomic E-state index is 0.123. The summed E-state index contributed by atoms with van der Waals surface area (Å²) >= 11 is 0. The lowest BCUT2D eigenvalue weighted by Crippen LogP contribution is -2.23. The van der Waals surface area contributed by atoms with E-state index in [4.69, 9.17) is 14.6 Å². The SMILES string of the molecule is CCCCCCCCCCCCOCC(O)CC(O)CCOCCCO. The first-order valence-electron chi connectivity index (χ1n) is 10.8. The molecule has 0 aromatic carbocycles. The third-order valence-corrected chi connectivity index (χ3v) is 4.54. The lowest BCUT2D eigenvalue weighted by Gasteiger charge is -2.16. The van der Waals surface area contributed by atoms with E-state index in [0.29, 0.717) is 45.7 Å². The number of unbranched alkanes of at least 4 members (excludes halogenated alkanes) is 9. The molecule has 5 heteroatoms. The van der Waals surface area contributed by atoms with Crippen molar-refractivity contribution in [2.75, 3.05) is 33.0 Å². The molecule has 0 heterocycles. The Morgan fingerprint density at radius 1 is 0.654 bits per heavy atom. The maximum Gasteiger partial charge on any atom is 0.0798 e. The standard InChI is InChI=1S/C21H44O5/c1-2-3-4-5-6-7-8-9-10-11-15-26-19-21(24)18-20(23)13-17-25-16-12-14-22/h20-24H,2-19H2,1H3. The summed E-state index contributed by atoms with van der Waals surface area (Å²) in [7, 11) is 0. The first-order chi connectivity index (χ1) is 12.7. The molecule has 0 aliphatic rings. The van der Waals surface area contributed by atoms with Crippen molar-refractivity contribution in [3.05, 3.63) is 0 Å². The summed E-state index contributed by atoms with van der Waals surface area (Å²) in [5, 5.41) is 28.3. The summed E-state index contributed by atoms with van der Waals surface area (Å²) in [5.74, 6) is 0. The van der Waals surface area contributed by atoms with Gasteiger partial charge in [-0.3, -0.25) is 0 Å². The summed E-state index contributed by atoms with van der Waals surface area (Å²) in [6.07, 6.45) is 13.3. The second kappa shape index (κ2) is 21.1. The van der Waals surface area contributed by atoms with Crippen molar-refractivity contribution in [2.24, 2.45) is 0 Å². The maximum atomic E-state index is 9.86. The zero-order valence-electron chi connectivity index (χ0n) is 17.0. The summed E-state index contributed by atoms with van der Waals surface area (Å²) in [4.78, 5) is 0. The molecule has 3 N–H and O–H groups in total. The van der Waals surface area contributed by atoms with Gasteiger partial charge in [0.2, 0.25) is 0 Å². The zero-order valence-corrected chi connectivity index (χ0v) is 17.0. The van der Waals surface area contributed by atoms with Gasteiger partial charge in [-0.05, 0) is 19.3 Å². The van der Waals surface area contributed by atoms with Gasteiger partial charge < -0.3 is 24.8 Å². The molecule has 5 nitrogen and oxygen atoms in total. The maximum absolute atomic E-state index is 9.86. The van der Waals surface area contributed by atoms with E-state index in [1.54, 1.807) is 0 Å². The van der Waals surface area contributed by atoms with Gasteiger partial charge in [0.1, 0.15) is 0 Å². The Hall–Kier alpha value is -0.200. The molecule has 0 fully saturated rings. The number of aliphatic hydroxyl groups is 3. The molecule has 0 aromatic rings. The molecule has 0 aliphatic carbocycles. The topological polar surface area (TPSA) is 79.2 Å². The van der Waals surface area contributed by atoms with Gasteiger partial charge in [-0.15, -0.1) is 0 Å². The molecule has 0 aliphatic heterocycles. The predicted molar refractivity (Wildman–Crippen MR) is 106 cm³/mol. The second-order valence-electron chi connectivity index (χ2n) is 7.28. The Morgan fingerprint density at radius 2 is 1.23 bits per heavy atom. The van der Waals surface area contributed by atoms with Gasteiger partial charge in [0, 0.05) is 32.8 Å². The average molecular weight is 377 g/mol. The lowest BCUT2D eigenvalue weighted by molar-refractivity contribution is -0.00290. The molecule has 0 spiro atoms. The summed E-state index contributed by atoms with van der Waals surface area (Å²) in [6, 6.07) is 0. The predicted octanol–water partition coefficient (Wildman–Crippen LogP) is 3.82. The minimum Gasteiger partial charge on any atom is -0.396 e. The minimum atomic E-state index is -0.620. The Balaban J connectivity index is 3.26. The number of aliphatic hydroxyl groups excluding tert-OH is 3. The van der Waals surface area contributed by atoms with Crippen LogP contribution in [0, 0.1) is 0 Å². The van der Waals surface area contributed by atoms with Gasteiger partial charge in [-0.25, -0.2) is 0 Å². The molecule has 0 radical (unpaired) electrons. The Morgan fingerprint density at radius 3 is 1.85 bits per heavy atom. The molecule has 158 valence electrons. The Kier molecular flexibility index (Phi) is 20.9. The van der Waals surface area contributed by atoms with E-state index in [1.807, 2.05) is 0 Å². The highest BCUT2D eigenvalue weighted by Crippen LogP contribution is 2.10. The van der Waals surface area contributed by atoms with Crippen LogP contribution in [0.4, 0.5) is 0 Å². The van der Waals surface area contributed by atoms with Gasteiger partial charge in [0.15, 0.2) is 0 Å². The molecule has 0 amide bonds. The van der Waals surface area contributed by atoms with Crippen molar-refractivity contribution >= 4 is 0 Å². The molecular weight excluding hydrogens is 332 g/mol. The van der Waals surface area contributed by atoms with Crippen LogP contribution in [0.5, 0.6) is 0 Å². The Labute approximate surface area is 161 Å². The molecule has 2 unspecified atom stereocenters. The van der Waals surface area contributed by atoms with E-state index < -0.39 is 12.2 Å². The summed E-state index contributed by atoms with van der Waals surface area (Å²) in [6.45, 7) is 4.31. The van der Waals surface area contributed by atoms with Crippen LogP contribution in [-0.4, -0.2) is 60.6 Å². The van der Waals surface area contributed by atoms with Crippen molar-refractivity contribution in [3.63, 3.8) is 0 Å². The molecule has 0 aromatic heterocycles. The van der Waals surface area contributed by atoms with Crippen LogP contribution in [0.3, 0.4) is 0 Å². The third-order valence-electron chi connectivity index (χ3n) is 4.54. The first kappa shape index (κ1) is 25.8. The number of rotatable bonds is 21. The summed E-state index contributed by atoms with van der Waals surface area (Å²) < 4.78 is 10.8. The zero-order chi connectivity index (χ0) is 19.3. The highest BCUT2D eigenvalue weighted by Gasteiger charge is 2.12. The second-order valence-corrected chi connectivity index (χ2v) is 7.28. The van der Waals surface area contributed by atoms with E-state index >= 15 is 0 Å². The normalized spacial score (nSPS) is 13.8. The van der Waals surface area contributed by atoms with Gasteiger partial charge in [-0.1, -0.05) is 64.7 Å². The van der Waals surface area contributed by atoms with Crippen LogP contribution < -0.4 is 0 Å². The van der Waals surface area contributed by atoms with Crippen molar-refractivity contribution < 1.29 is 24.8 Å². The molecule has 0 saturated carbocycles. The lowest BCUT2D eigenvalue weighted by atomic mass is 10.1. The average Bonchev–Trinajstić information content (AvgIpc) is 2.62. The van der Waals surface area contributed by atoms with E-state index in [9.17, 15) is 10.2 Å². The molecule has 0 bridgehead atoms. The van der Waals surface area contributed by atoms with E-state index in [-0.39, 0.29) is 6.61 Å². The van der Waals surface area contributed by atoms with Crippen LogP contribution in [0.2, 0.25) is 0 Å². The van der Waals surface area contributed by atoms with Crippen molar-refractivity contribution in [2.45, 2.75) is 103 Å². The molecule has 2 atom stereocenters. The smallest absolute Gasteiger partial charge is 0.0798 e. The molecular formula is C21H44O5. The van der Waals surface area contributed by atoms with Crippen LogP contribution >= 0.6 is 0 Å². The van der Waals surface area contributed by atoms with Crippen LogP contribution in [-0.2, 0) is 9.47 Å². The first-order valence-corrected chi connectivity index (χ1v) is 10.8. The van der Waals surface area contributed by atoms with Gasteiger partial charge >= 0.3 is 0 Å². The number of hydrogen-bond acceptors (Lipinski definition) is 5. The number of ether oxygens (including phenoxy) is 2. The van der Waals surface area contributed by atoms with Crippen LogP contribution in [0.25, 0.3) is 0 Å². The molecule has 0 rings (SSSR count). The van der Waals surface area contributed by atoms with Crippen LogP contribution in [0.15, 0.2) is 0 Å². The van der Waals surface area contributed by atoms with E-state index in [2.05, 4.69) is 6.92 Å². The fourth-order valence-electron chi connectivity index (χ4n) is 2.90. The highest BCUT2D eigenvalue weighted by atomic mass is 16.5. The van der Waals surface area contributed by atoms with Crippen molar-refractivity contribution in [1.82, 2.24) is 0 Å².